The number of alkyl carbamates (subject to hydrolysis) is 1. The fraction of sp³-hybridized carbons (Fsp3) is 0.296. The second-order valence-corrected chi connectivity index (χ2v) is 10.8. The molecule has 0 fully saturated rings. The number of sulfonamides is 1. The zero-order valence-corrected chi connectivity index (χ0v) is 21.3. The largest absolute Gasteiger partial charge is 0.497 e. The number of carbonyl (C=O) groups excluding carboxylic acids is 1. The Morgan fingerprint density at radius 1 is 0.943 bits per heavy atom. The lowest BCUT2D eigenvalue weighted by atomic mass is 10.0. The summed E-state index contributed by atoms with van der Waals surface area (Å²) in [6.45, 7) is 5.77. The van der Waals surface area contributed by atoms with Crippen molar-refractivity contribution in [3.8, 4) is 16.9 Å². The fourth-order valence-electron chi connectivity index (χ4n) is 3.53. The van der Waals surface area contributed by atoms with Crippen LogP contribution >= 0.6 is 0 Å². The molecule has 35 heavy (non-hydrogen) atoms. The van der Waals surface area contributed by atoms with E-state index < -0.39 is 21.7 Å². The molecule has 3 rings (SSSR count). The van der Waals surface area contributed by atoms with E-state index in [0.29, 0.717) is 17.9 Å². The Bertz CT molecular complexity index is 1220. The van der Waals surface area contributed by atoms with Gasteiger partial charge in [-0.3, -0.25) is 4.31 Å². The van der Waals surface area contributed by atoms with Gasteiger partial charge in [0, 0.05) is 18.7 Å². The first kappa shape index (κ1) is 26.1. The van der Waals surface area contributed by atoms with Crippen LogP contribution in [0.1, 0.15) is 27.2 Å². The summed E-state index contributed by atoms with van der Waals surface area (Å²) in [6.07, 6.45) is -0.157. The summed E-state index contributed by atoms with van der Waals surface area (Å²) < 4.78 is 39.6. The molecular weight excluding hydrogens is 464 g/mol. The second kappa shape index (κ2) is 11.3. The van der Waals surface area contributed by atoms with Crippen molar-refractivity contribution in [3.05, 3.63) is 78.9 Å². The minimum absolute atomic E-state index is 0.152. The monoisotopic (exact) mass is 496 g/mol. The highest BCUT2D eigenvalue weighted by molar-refractivity contribution is 7.92. The van der Waals surface area contributed by atoms with E-state index in [1.807, 2.05) is 36.4 Å². The van der Waals surface area contributed by atoms with Gasteiger partial charge in [0.2, 0.25) is 0 Å². The lowest BCUT2D eigenvalue weighted by molar-refractivity contribution is 0.0527. The number of anilines is 1. The molecule has 0 atom stereocenters. The van der Waals surface area contributed by atoms with Crippen molar-refractivity contribution < 1.29 is 22.7 Å². The number of amides is 1. The number of benzene rings is 3. The summed E-state index contributed by atoms with van der Waals surface area (Å²) in [5.74, 6) is 0.622. The van der Waals surface area contributed by atoms with Crippen molar-refractivity contribution >= 4 is 21.8 Å². The standard InChI is InChI=1S/C27H32N2O5S/c1-27(2,3)34-26(30)28-18-11-19-29(35(31,32)23-14-9-6-10-15-23)25-17-16-22(33-4)20-24(25)21-12-7-5-8-13-21/h5-10,12-17,20H,11,18-19H2,1-4H3,(H,28,30). The maximum atomic E-state index is 13.8. The third kappa shape index (κ3) is 6.99. The van der Waals surface area contributed by atoms with Gasteiger partial charge in [-0.15, -0.1) is 0 Å². The van der Waals surface area contributed by atoms with Gasteiger partial charge in [0.15, 0.2) is 0 Å². The van der Waals surface area contributed by atoms with Crippen LogP contribution in [0.15, 0.2) is 83.8 Å². The molecule has 0 heterocycles. The number of carbonyl (C=O) groups is 1. The molecule has 0 bridgehead atoms. The highest BCUT2D eigenvalue weighted by Gasteiger charge is 2.27. The molecule has 0 aromatic heterocycles. The predicted octanol–water partition coefficient (Wildman–Crippen LogP) is 5.47. The normalized spacial score (nSPS) is 11.5. The number of ether oxygens (including phenoxy) is 2. The molecule has 1 N–H and O–H groups in total. The Kier molecular flexibility index (Phi) is 8.40. The Morgan fingerprint density at radius 2 is 1.57 bits per heavy atom. The van der Waals surface area contributed by atoms with Crippen LogP contribution in [0.4, 0.5) is 10.5 Å². The topological polar surface area (TPSA) is 84.9 Å². The van der Waals surface area contributed by atoms with Crippen LogP contribution in [0.25, 0.3) is 11.1 Å². The summed E-state index contributed by atoms with van der Waals surface area (Å²) >= 11 is 0. The van der Waals surface area contributed by atoms with Gasteiger partial charge in [0.25, 0.3) is 10.0 Å². The average molecular weight is 497 g/mol. The van der Waals surface area contributed by atoms with Crippen molar-refractivity contribution in [2.45, 2.75) is 37.7 Å². The molecule has 0 spiro atoms. The average Bonchev–Trinajstić information content (AvgIpc) is 2.83. The summed E-state index contributed by atoms with van der Waals surface area (Å²) in [4.78, 5) is 12.2. The van der Waals surface area contributed by atoms with E-state index in [1.165, 1.54) is 4.31 Å². The highest BCUT2D eigenvalue weighted by atomic mass is 32.2. The molecule has 0 unspecified atom stereocenters. The molecule has 3 aromatic rings. The van der Waals surface area contributed by atoms with E-state index in [0.717, 1.165) is 11.1 Å². The van der Waals surface area contributed by atoms with E-state index >= 15 is 0 Å². The van der Waals surface area contributed by atoms with Crippen LogP contribution in [0, 0.1) is 0 Å². The van der Waals surface area contributed by atoms with Crippen molar-refractivity contribution in [2.75, 3.05) is 24.5 Å². The van der Waals surface area contributed by atoms with E-state index in [2.05, 4.69) is 5.32 Å². The molecule has 0 aliphatic heterocycles. The van der Waals surface area contributed by atoms with Gasteiger partial charge in [-0.2, -0.15) is 0 Å². The van der Waals surface area contributed by atoms with Crippen LogP contribution in [0.2, 0.25) is 0 Å². The Hall–Kier alpha value is -3.52. The smallest absolute Gasteiger partial charge is 0.407 e. The van der Waals surface area contributed by atoms with Crippen LogP contribution in [0.3, 0.4) is 0 Å². The zero-order valence-electron chi connectivity index (χ0n) is 20.5. The minimum atomic E-state index is -3.89. The van der Waals surface area contributed by atoms with E-state index in [-0.39, 0.29) is 18.0 Å². The third-order valence-electron chi connectivity index (χ3n) is 5.09. The summed E-state index contributed by atoms with van der Waals surface area (Å²) in [7, 11) is -2.31. The lowest BCUT2D eigenvalue weighted by Gasteiger charge is -2.27. The van der Waals surface area contributed by atoms with E-state index in [9.17, 15) is 13.2 Å². The van der Waals surface area contributed by atoms with Crippen molar-refractivity contribution in [1.29, 1.82) is 0 Å². The number of methoxy groups -OCH3 is 1. The van der Waals surface area contributed by atoms with Crippen LogP contribution < -0.4 is 14.4 Å². The number of nitrogens with one attached hydrogen (secondary N) is 1. The van der Waals surface area contributed by atoms with Gasteiger partial charge < -0.3 is 14.8 Å². The number of hydrogen-bond donors (Lipinski definition) is 1. The first-order valence-corrected chi connectivity index (χ1v) is 12.8. The van der Waals surface area contributed by atoms with Gasteiger partial charge in [-0.1, -0.05) is 48.5 Å². The highest BCUT2D eigenvalue weighted by Crippen LogP contribution is 2.37. The Morgan fingerprint density at radius 3 is 2.17 bits per heavy atom. The predicted molar refractivity (Wildman–Crippen MR) is 138 cm³/mol. The molecule has 0 aliphatic carbocycles. The maximum absolute atomic E-state index is 13.8. The molecule has 7 nitrogen and oxygen atoms in total. The molecule has 0 saturated heterocycles. The minimum Gasteiger partial charge on any atom is -0.497 e. The van der Waals surface area contributed by atoms with Crippen molar-refractivity contribution in [1.82, 2.24) is 5.32 Å². The van der Waals surface area contributed by atoms with Gasteiger partial charge >= 0.3 is 6.09 Å². The maximum Gasteiger partial charge on any atom is 0.407 e. The first-order valence-electron chi connectivity index (χ1n) is 11.4. The van der Waals surface area contributed by atoms with Gasteiger partial charge in [-0.25, -0.2) is 13.2 Å². The molecule has 0 radical (unpaired) electrons. The van der Waals surface area contributed by atoms with Crippen LogP contribution in [-0.2, 0) is 14.8 Å². The number of rotatable bonds is 9. The van der Waals surface area contributed by atoms with Gasteiger partial charge in [0.1, 0.15) is 11.4 Å². The second-order valence-electron chi connectivity index (χ2n) is 8.92. The van der Waals surface area contributed by atoms with Gasteiger partial charge in [0.05, 0.1) is 17.7 Å². The van der Waals surface area contributed by atoms with Gasteiger partial charge in [-0.05, 0) is 63.1 Å². The quantitative estimate of drug-likeness (QED) is 0.397. The van der Waals surface area contributed by atoms with Crippen LogP contribution in [0.5, 0.6) is 5.75 Å². The van der Waals surface area contributed by atoms with E-state index in [4.69, 9.17) is 9.47 Å². The summed E-state index contributed by atoms with van der Waals surface area (Å²) in [5, 5.41) is 2.70. The molecule has 0 saturated carbocycles. The number of nitrogens with zero attached hydrogens (tertiary/aromatic N) is 1. The Balaban J connectivity index is 1.96. The van der Waals surface area contributed by atoms with Crippen LogP contribution in [-0.4, -0.2) is 40.3 Å². The molecular formula is C27H32N2O5S. The Labute approximate surface area is 207 Å². The lowest BCUT2D eigenvalue weighted by Crippen LogP contribution is -2.36. The molecule has 1 amide bonds. The van der Waals surface area contributed by atoms with E-state index in [1.54, 1.807) is 70.3 Å². The molecule has 186 valence electrons. The molecule has 0 aliphatic rings. The fourth-order valence-corrected chi connectivity index (χ4v) is 5.07. The first-order chi connectivity index (χ1) is 16.6. The molecule has 3 aromatic carbocycles. The summed E-state index contributed by atoms with van der Waals surface area (Å²) in [6, 6.07) is 23.2. The molecule has 8 heteroatoms. The van der Waals surface area contributed by atoms with Crippen molar-refractivity contribution in [3.63, 3.8) is 0 Å². The van der Waals surface area contributed by atoms with Crippen molar-refractivity contribution in [2.24, 2.45) is 0 Å². The SMILES string of the molecule is COc1ccc(N(CCCNC(=O)OC(C)(C)C)S(=O)(=O)c2ccccc2)c(-c2ccccc2)c1. The summed E-state index contributed by atoms with van der Waals surface area (Å²) in [5.41, 5.74) is 1.50. The third-order valence-corrected chi connectivity index (χ3v) is 6.92. The zero-order chi connectivity index (χ0) is 25.5. The number of hydrogen-bond acceptors (Lipinski definition) is 5.